The fourth-order valence-electron chi connectivity index (χ4n) is 4.31. The largest absolute Gasteiger partial charge is 0.291 e. The summed E-state index contributed by atoms with van der Waals surface area (Å²) in [7, 11) is 0. The molecule has 0 radical (unpaired) electrons. The molecule has 7 heteroatoms. The Kier molecular flexibility index (Phi) is 4.86. The third-order valence-corrected chi connectivity index (χ3v) is 7.25. The summed E-state index contributed by atoms with van der Waals surface area (Å²) < 4.78 is 1.22. The lowest BCUT2D eigenvalue weighted by atomic mass is 9.96. The van der Waals surface area contributed by atoms with Crippen molar-refractivity contribution in [1.82, 2.24) is 9.88 Å². The van der Waals surface area contributed by atoms with Crippen LogP contribution in [0.2, 0.25) is 5.02 Å². The molecule has 2 amide bonds. The molecule has 0 spiro atoms. The van der Waals surface area contributed by atoms with Crippen LogP contribution < -0.4 is 4.90 Å². The summed E-state index contributed by atoms with van der Waals surface area (Å²) in [5.41, 5.74) is 1.61. The lowest BCUT2D eigenvalue weighted by Crippen LogP contribution is -2.45. The molecule has 0 bridgehead atoms. The van der Waals surface area contributed by atoms with E-state index >= 15 is 0 Å². The quantitative estimate of drug-likeness (QED) is 0.581. The highest BCUT2D eigenvalue weighted by molar-refractivity contribution is 7.18. The predicted octanol–water partition coefficient (Wildman–Crippen LogP) is 4.46. The Labute approximate surface area is 177 Å². The van der Waals surface area contributed by atoms with E-state index in [1.807, 2.05) is 12.1 Å². The number of halogens is 1. The number of piperidine rings is 1. The Balaban J connectivity index is 1.28. The zero-order valence-electron chi connectivity index (χ0n) is 15.8. The van der Waals surface area contributed by atoms with E-state index in [-0.39, 0.29) is 24.3 Å². The van der Waals surface area contributed by atoms with Gasteiger partial charge in [0, 0.05) is 10.9 Å². The Morgan fingerprint density at radius 1 is 1.03 bits per heavy atom. The first-order chi connectivity index (χ1) is 14.1. The van der Waals surface area contributed by atoms with E-state index in [1.54, 1.807) is 35.6 Å². The summed E-state index contributed by atoms with van der Waals surface area (Å²) in [6.45, 7) is 1.60. The molecule has 5 nitrogen and oxygen atoms in total. The monoisotopic (exact) mass is 425 g/mol. The van der Waals surface area contributed by atoms with E-state index in [0.29, 0.717) is 16.6 Å². The first kappa shape index (κ1) is 18.7. The number of hydrogen-bond donors (Lipinski definition) is 0. The molecular weight excluding hydrogens is 406 g/mol. The molecule has 3 heterocycles. The number of likely N-dealkylation sites (tertiary alicyclic amines) is 1. The van der Waals surface area contributed by atoms with E-state index < -0.39 is 0 Å². The minimum Gasteiger partial charge on any atom is -0.291 e. The van der Waals surface area contributed by atoms with Gasteiger partial charge in [0.05, 0.1) is 33.4 Å². The Morgan fingerprint density at radius 3 is 2.59 bits per heavy atom. The first-order valence-electron chi connectivity index (χ1n) is 9.82. The minimum absolute atomic E-state index is 0.143. The predicted molar refractivity (Wildman–Crippen MR) is 116 cm³/mol. The normalized spacial score (nSPS) is 21.4. The number of carbonyl (C=O) groups excluding carboxylic acids is 2. The van der Waals surface area contributed by atoms with Crippen LogP contribution in [0.3, 0.4) is 0 Å². The van der Waals surface area contributed by atoms with E-state index in [4.69, 9.17) is 16.6 Å². The second-order valence-electron chi connectivity index (χ2n) is 7.60. The number of rotatable bonds is 3. The van der Waals surface area contributed by atoms with Gasteiger partial charge in [-0.05, 0) is 56.3 Å². The molecule has 2 fully saturated rings. The number of anilines is 1. The number of para-hydroxylation sites is 1. The molecule has 0 aliphatic carbocycles. The fourth-order valence-corrected chi connectivity index (χ4v) is 5.63. The Morgan fingerprint density at radius 2 is 1.83 bits per heavy atom. The summed E-state index contributed by atoms with van der Waals surface area (Å²) in [4.78, 5) is 33.8. The first-order valence-corrected chi connectivity index (χ1v) is 11.0. The number of imide groups is 1. The molecule has 1 atom stereocenters. The summed E-state index contributed by atoms with van der Waals surface area (Å²) in [5.74, 6) is 0.117. The Hall–Kier alpha value is -2.28. The van der Waals surface area contributed by atoms with Crippen LogP contribution in [0.25, 0.3) is 10.2 Å². The van der Waals surface area contributed by atoms with Crippen LogP contribution in [-0.2, 0) is 9.59 Å². The molecule has 0 N–H and O–H groups in total. The van der Waals surface area contributed by atoms with Gasteiger partial charge in [0.1, 0.15) is 0 Å². The van der Waals surface area contributed by atoms with Crippen molar-refractivity contribution < 1.29 is 9.59 Å². The topological polar surface area (TPSA) is 53.5 Å². The number of carbonyl (C=O) groups is 2. The van der Waals surface area contributed by atoms with Crippen LogP contribution in [-0.4, -0.2) is 40.8 Å². The number of thiazole rings is 1. The zero-order chi connectivity index (χ0) is 20.0. The molecule has 3 aromatic rings. The highest BCUT2D eigenvalue weighted by Crippen LogP contribution is 2.36. The van der Waals surface area contributed by atoms with Crippen LogP contribution in [0.1, 0.15) is 30.2 Å². The molecule has 2 aliphatic heterocycles. The van der Waals surface area contributed by atoms with Gasteiger partial charge >= 0.3 is 0 Å². The molecular formula is C22H20ClN3O2S. The third kappa shape index (κ3) is 3.45. The van der Waals surface area contributed by atoms with Gasteiger partial charge in [-0.2, -0.15) is 0 Å². The molecule has 2 saturated heterocycles. The van der Waals surface area contributed by atoms with Crippen molar-refractivity contribution in [3.05, 3.63) is 58.6 Å². The van der Waals surface area contributed by atoms with Crippen LogP contribution in [0.4, 0.5) is 5.69 Å². The van der Waals surface area contributed by atoms with Gasteiger partial charge in [0.25, 0.3) is 5.91 Å². The van der Waals surface area contributed by atoms with Gasteiger partial charge < -0.3 is 0 Å². The van der Waals surface area contributed by atoms with Crippen molar-refractivity contribution in [2.75, 3.05) is 18.0 Å². The van der Waals surface area contributed by atoms with Crippen molar-refractivity contribution in [1.29, 1.82) is 0 Å². The van der Waals surface area contributed by atoms with Crippen molar-refractivity contribution >= 4 is 50.7 Å². The van der Waals surface area contributed by atoms with E-state index in [9.17, 15) is 9.59 Å². The Bertz CT molecular complexity index is 1060. The number of fused-ring (bicyclic) bond motifs is 1. The van der Waals surface area contributed by atoms with Gasteiger partial charge in [-0.15, -0.1) is 11.3 Å². The highest BCUT2D eigenvalue weighted by atomic mass is 35.5. The van der Waals surface area contributed by atoms with Crippen LogP contribution in [0.15, 0.2) is 48.5 Å². The number of amides is 2. The maximum Gasteiger partial charge on any atom is 0.251 e. The van der Waals surface area contributed by atoms with Crippen molar-refractivity contribution in [3.63, 3.8) is 0 Å². The van der Waals surface area contributed by atoms with Crippen molar-refractivity contribution in [2.24, 2.45) is 0 Å². The lowest BCUT2D eigenvalue weighted by Gasteiger charge is -2.34. The van der Waals surface area contributed by atoms with Crippen molar-refractivity contribution in [2.45, 2.75) is 31.2 Å². The average Bonchev–Trinajstić information content (AvgIpc) is 3.29. The SMILES string of the molecule is O=C1C[C@H](N2CCC(c3nc4ccccc4s3)CC2)C(=O)N1c1cccc(Cl)c1. The lowest BCUT2D eigenvalue weighted by molar-refractivity contribution is -0.123. The average molecular weight is 426 g/mol. The summed E-state index contributed by atoms with van der Waals surface area (Å²) >= 11 is 7.81. The van der Waals surface area contributed by atoms with Gasteiger partial charge in [-0.25, -0.2) is 9.88 Å². The molecule has 2 aromatic carbocycles. The van der Waals surface area contributed by atoms with Gasteiger partial charge in [0.2, 0.25) is 5.91 Å². The summed E-state index contributed by atoms with van der Waals surface area (Å²) in [6, 6.07) is 14.8. The molecule has 0 unspecified atom stereocenters. The van der Waals surface area contributed by atoms with Crippen molar-refractivity contribution in [3.8, 4) is 0 Å². The second-order valence-corrected chi connectivity index (χ2v) is 9.10. The zero-order valence-corrected chi connectivity index (χ0v) is 17.3. The molecule has 1 aromatic heterocycles. The van der Waals surface area contributed by atoms with E-state index in [1.165, 1.54) is 14.6 Å². The third-order valence-electron chi connectivity index (χ3n) is 5.82. The molecule has 5 rings (SSSR count). The molecule has 2 aliphatic rings. The number of hydrogen-bond acceptors (Lipinski definition) is 5. The fraction of sp³-hybridized carbons (Fsp3) is 0.318. The molecule has 148 valence electrons. The van der Waals surface area contributed by atoms with E-state index in [0.717, 1.165) is 31.4 Å². The van der Waals surface area contributed by atoms with Crippen LogP contribution >= 0.6 is 22.9 Å². The second kappa shape index (κ2) is 7.52. The van der Waals surface area contributed by atoms with Crippen LogP contribution in [0, 0.1) is 0 Å². The van der Waals surface area contributed by atoms with Gasteiger partial charge in [-0.1, -0.05) is 29.8 Å². The maximum atomic E-state index is 13.0. The smallest absolute Gasteiger partial charge is 0.251 e. The standard InChI is InChI=1S/C22H20ClN3O2S/c23-15-4-3-5-16(12-15)26-20(27)13-18(22(26)28)25-10-8-14(9-11-25)21-24-17-6-1-2-7-19(17)29-21/h1-7,12,14,18H,8-11,13H2/t18-/m0/s1. The number of nitrogens with zero attached hydrogens (tertiary/aromatic N) is 3. The van der Waals surface area contributed by atoms with Gasteiger partial charge in [0.15, 0.2) is 0 Å². The summed E-state index contributed by atoms with van der Waals surface area (Å²) in [5, 5.41) is 1.70. The molecule has 0 saturated carbocycles. The maximum absolute atomic E-state index is 13.0. The minimum atomic E-state index is -0.377. The highest BCUT2D eigenvalue weighted by Gasteiger charge is 2.43. The van der Waals surface area contributed by atoms with Gasteiger partial charge in [-0.3, -0.25) is 14.5 Å². The van der Waals surface area contributed by atoms with E-state index in [2.05, 4.69) is 17.0 Å². The van der Waals surface area contributed by atoms with Crippen LogP contribution in [0.5, 0.6) is 0 Å². The summed E-state index contributed by atoms with van der Waals surface area (Å²) in [6.07, 6.45) is 2.14. The number of benzene rings is 2. The molecule has 29 heavy (non-hydrogen) atoms. The number of aromatic nitrogens is 1.